The number of phenolic OH excluding ortho intramolecular Hbond substituents is 2. The van der Waals surface area contributed by atoms with Crippen molar-refractivity contribution in [3.63, 3.8) is 0 Å². The summed E-state index contributed by atoms with van der Waals surface area (Å²) >= 11 is 0. The largest absolute Gasteiger partial charge is 0.504 e. The first-order chi connectivity index (χ1) is 16.5. The molecule has 0 aromatic heterocycles. The Kier molecular flexibility index (Phi) is 7.01. The molecule has 4 rings (SSSR count). The zero-order valence-electron chi connectivity index (χ0n) is 19.1. The molecule has 34 heavy (non-hydrogen) atoms. The van der Waals surface area contributed by atoms with Crippen molar-refractivity contribution in [2.45, 2.75) is 25.4 Å². The van der Waals surface area contributed by atoms with Crippen LogP contribution >= 0.6 is 0 Å². The van der Waals surface area contributed by atoms with Crippen molar-refractivity contribution >= 4 is 11.8 Å². The number of amides is 2. The van der Waals surface area contributed by atoms with Crippen LogP contribution in [0.15, 0.2) is 72.8 Å². The Morgan fingerprint density at radius 3 is 2.44 bits per heavy atom. The molecular formula is C27H28N2O5. The summed E-state index contributed by atoms with van der Waals surface area (Å²) < 4.78 is 5.17. The molecule has 0 spiro atoms. The summed E-state index contributed by atoms with van der Waals surface area (Å²) in [5.41, 5.74) is 2.11. The fourth-order valence-electron chi connectivity index (χ4n) is 4.28. The number of piperazine rings is 1. The fourth-order valence-corrected chi connectivity index (χ4v) is 4.28. The lowest BCUT2D eigenvalue weighted by atomic mass is 10.00. The maximum atomic E-state index is 13.2. The van der Waals surface area contributed by atoms with Gasteiger partial charge >= 0.3 is 0 Å². The molecule has 2 amide bonds. The molecule has 1 aliphatic rings. The minimum atomic E-state index is -0.245. The van der Waals surface area contributed by atoms with Crippen LogP contribution < -0.4 is 4.74 Å². The number of carbonyl (C=O) groups excluding carboxylic acids is 2. The van der Waals surface area contributed by atoms with Crippen LogP contribution in [-0.4, -0.2) is 58.1 Å². The molecule has 0 saturated carbocycles. The number of aromatic hydroxyl groups is 2. The maximum Gasteiger partial charge on any atom is 0.254 e. The summed E-state index contributed by atoms with van der Waals surface area (Å²) in [7, 11) is 1.57. The van der Waals surface area contributed by atoms with Gasteiger partial charge in [0.25, 0.3) is 5.91 Å². The van der Waals surface area contributed by atoms with Gasteiger partial charge in [-0.2, -0.15) is 0 Å². The van der Waals surface area contributed by atoms with E-state index in [0.717, 1.165) is 12.0 Å². The van der Waals surface area contributed by atoms with Crippen molar-refractivity contribution in [2.24, 2.45) is 0 Å². The second-order valence-corrected chi connectivity index (χ2v) is 8.40. The zero-order valence-corrected chi connectivity index (χ0v) is 19.1. The van der Waals surface area contributed by atoms with Gasteiger partial charge in [0.15, 0.2) is 11.5 Å². The van der Waals surface area contributed by atoms with Crippen molar-refractivity contribution in [1.82, 2.24) is 9.80 Å². The first-order valence-electron chi connectivity index (χ1n) is 11.2. The molecule has 7 heteroatoms. The minimum Gasteiger partial charge on any atom is -0.504 e. The topological polar surface area (TPSA) is 90.3 Å². The summed E-state index contributed by atoms with van der Waals surface area (Å²) in [6.45, 7) is 0.485. The highest BCUT2D eigenvalue weighted by Gasteiger charge is 2.35. The molecule has 1 aliphatic heterocycles. The Morgan fingerprint density at radius 2 is 1.74 bits per heavy atom. The summed E-state index contributed by atoms with van der Waals surface area (Å²) in [4.78, 5) is 29.7. The predicted octanol–water partition coefficient (Wildman–Crippen LogP) is 3.59. The first kappa shape index (κ1) is 23.2. The number of phenols is 2. The third-order valence-corrected chi connectivity index (χ3v) is 6.19. The van der Waals surface area contributed by atoms with Crippen LogP contribution in [0.25, 0.3) is 0 Å². The van der Waals surface area contributed by atoms with Crippen molar-refractivity contribution in [2.75, 3.05) is 20.2 Å². The number of hydrogen-bond acceptors (Lipinski definition) is 5. The Bertz CT molecular complexity index is 1150. The molecule has 176 valence electrons. The Hall–Kier alpha value is -4.00. The molecule has 3 aromatic carbocycles. The van der Waals surface area contributed by atoms with Gasteiger partial charge in [0.05, 0.1) is 13.2 Å². The van der Waals surface area contributed by atoms with Crippen LogP contribution in [-0.2, 0) is 17.8 Å². The molecule has 0 aliphatic carbocycles. The molecular weight excluding hydrogens is 432 g/mol. The molecule has 0 bridgehead atoms. The van der Waals surface area contributed by atoms with Crippen molar-refractivity contribution < 1.29 is 24.5 Å². The van der Waals surface area contributed by atoms with E-state index >= 15 is 0 Å². The molecule has 2 N–H and O–H groups in total. The molecule has 1 heterocycles. The van der Waals surface area contributed by atoms with Crippen molar-refractivity contribution in [3.05, 3.63) is 89.5 Å². The van der Waals surface area contributed by atoms with Crippen LogP contribution in [0.5, 0.6) is 17.2 Å². The van der Waals surface area contributed by atoms with Crippen LogP contribution in [0.2, 0.25) is 0 Å². The SMILES string of the molecule is COc1ccc(C(=O)N2CC(=O)N(Cc3cccc(O)c3O)[C@@H](CCc3ccccc3)C2)cc1. The predicted molar refractivity (Wildman–Crippen MR) is 128 cm³/mol. The highest BCUT2D eigenvalue weighted by atomic mass is 16.5. The van der Waals surface area contributed by atoms with Crippen molar-refractivity contribution in [3.8, 4) is 17.2 Å². The normalized spacial score (nSPS) is 15.9. The summed E-state index contributed by atoms with van der Waals surface area (Å²) in [5, 5.41) is 20.2. The summed E-state index contributed by atoms with van der Waals surface area (Å²) in [5.74, 6) is -0.202. The Balaban J connectivity index is 1.56. The number of para-hydroxylation sites is 1. The van der Waals surface area contributed by atoms with E-state index in [-0.39, 0.29) is 42.4 Å². The third-order valence-electron chi connectivity index (χ3n) is 6.19. The van der Waals surface area contributed by atoms with E-state index in [1.807, 2.05) is 30.3 Å². The van der Waals surface area contributed by atoms with Crippen LogP contribution in [0, 0.1) is 0 Å². The zero-order chi connectivity index (χ0) is 24.1. The molecule has 3 aromatic rings. The number of methoxy groups -OCH3 is 1. The van der Waals surface area contributed by atoms with Crippen LogP contribution in [0.3, 0.4) is 0 Å². The van der Waals surface area contributed by atoms with Gasteiger partial charge in [0.1, 0.15) is 12.3 Å². The quantitative estimate of drug-likeness (QED) is 0.526. The van der Waals surface area contributed by atoms with E-state index in [1.165, 1.54) is 6.07 Å². The van der Waals surface area contributed by atoms with Gasteiger partial charge in [-0.05, 0) is 48.7 Å². The number of hydrogen-bond donors (Lipinski definition) is 2. The number of aryl methyl sites for hydroxylation is 1. The molecule has 1 atom stereocenters. The molecule has 7 nitrogen and oxygen atoms in total. The lowest BCUT2D eigenvalue weighted by molar-refractivity contribution is -0.139. The second-order valence-electron chi connectivity index (χ2n) is 8.40. The van der Waals surface area contributed by atoms with Gasteiger partial charge in [-0.25, -0.2) is 0 Å². The van der Waals surface area contributed by atoms with Gasteiger partial charge in [-0.1, -0.05) is 42.5 Å². The van der Waals surface area contributed by atoms with Crippen LogP contribution in [0.4, 0.5) is 0 Å². The lowest BCUT2D eigenvalue weighted by Gasteiger charge is -2.41. The van der Waals surface area contributed by atoms with Gasteiger partial charge in [0.2, 0.25) is 5.91 Å². The average molecular weight is 461 g/mol. The van der Waals surface area contributed by atoms with Gasteiger partial charge < -0.3 is 24.7 Å². The van der Waals surface area contributed by atoms with Gasteiger partial charge in [-0.3, -0.25) is 9.59 Å². The number of nitrogens with zero attached hydrogens (tertiary/aromatic N) is 2. The monoisotopic (exact) mass is 460 g/mol. The fraction of sp³-hybridized carbons (Fsp3) is 0.259. The van der Waals surface area contributed by atoms with Gasteiger partial charge in [0, 0.05) is 24.2 Å². The minimum absolute atomic E-state index is 0.0493. The average Bonchev–Trinajstić information content (AvgIpc) is 2.87. The van der Waals surface area contributed by atoms with E-state index in [4.69, 9.17) is 4.74 Å². The maximum absolute atomic E-state index is 13.2. The standard InChI is InChI=1S/C27H28N2O5/c1-34-23-14-11-20(12-15-23)27(33)28-17-22(13-10-19-6-3-2-4-7-19)29(25(31)18-28)16-21-8-5-9-24(30)26(21)32/h2-9,11-12,14-15,22,30,32H,10,13,16-18H2,1H3/t22-/m0/s1. The van der Waals surface area contributed by atoms with Crippen molar-refractivity contribution in [1.29, 1.82) is 0 Å². The lowest BCUT2D eigenvalue weighted by Crippen LogP contribution is -2.57. The highest BCUT2D eigenvalue weighted by Crippen LogP contribution is 2.31. The Labute approximate surface area is 198 Å². The molecule has 1 saturated heterocycles. The smallest absolute Gasteiger partial charge is 0.254 e. The second kappa shape index (κ2) is 10.3. The van der Waals surface area contributed by atoms with Crippen LogP contribution in [0.1, 0.15) is 27.9 Å². The Morgan fingerprint density at radius 1 is 1.00 bits per heavy atom. The number of carbonyl (C=O) groups is 2. The molecule has 0 unspecified atom stereocenters. The highest BCUT2D eigenvalue weighted by molar-refractivity contribution is 5.97. The number of benzene rings is 3. The van der Waals surface area contributed by atoms with E-state index in [1.54, 1.807) is 53.3 Å². The van der Waals surface area contributed by atoms with E-state index in [0.29, 0.717) is 29.8 Å². The van der Waals surface area contributed by atoms with E-state index < -0.39 is 0 Å². The summed E-state index contributed by atoms with van der Waals surface area (Å²) in [6.07, 6.45) is 1.40. The molecule has 1 fully saturated rings. The number of ether oxygens (including phenoxy) is 1. The summed E-state index contributed by atoms with van der Waals surface area (Å²) in [6, 6.07) is 21.3. The number of rotatable bonds is 7. The van der Waals surface area contributed by atoms with Gasteiger partial charge in [-0.15, -0.1) is 0 Å². The third kappa shape index (κ3) is 5.14. The first-order valence-corrected chi connectivity index (χ1v) is 11.2. The van der Waals surface area contributed by atoms with E-state index in [9.17, 15) is 19.8 Å². The molecule has 0 radical (unpaired) electrons. The van der Waals surface area contributed by atoms with E-state index in [2.05, 4.69) is 0 Å².